The fraction of sp³-hybridized carbons (Fsp3) is 0.898. The average molecular weight is 888 g/mol. The van der Waals surface area contributed by atoms with Gasteiger partial charge in [0.25, 0.3) is 0 Å². The number of amides is 1. The summed E-state index contributed by atoms with van der Waals surface area (Å²) in [7, 11) is -4.76. The molecule has 0 rings (SSSR count). The molecule has 0 spiro atoms. The lowest BCUT2D eigenvalue weighted by Crippen LogP contribution is -2.43. The van der Waals surface area contributed by atoms with Crippen molar-refractivity contribution in [2.45, 2.75) is 264 Å². The number of allylic oxidation sites excluding steroid dienone is 2. The molecule has 0 saturated heterocycles. The number of carbonyl (C=O) groups excluding carboxylic acids is 2. The molecule has 1 amide bonds. The summed E-state index contributed by atoms with van der Waals surface area (Å²) < 4.78 is 26.9. The molecular formula is C49H94NO10P. The number of rotatable bonds is 48. The highest BCUT2D eigenvalue weighted by atomic mass is 31.2. The summed E-state index contributed by atoms with van der Waals surface area (Å²) >= 11 is 0. The van der Waals surface area contributed by atoms with E-state index in [4.69, 9.17) is 13.8 Å². The van der Waals surface area contributed by atoms with Crippen molar-refractivity contribution in [2.75, 3.05) is 19.8 Å². The number of nitrogens with one attached hydrogen (secondary N) is 1. The van der Waals surface area contributed by atoms with Gasteiger partial charge in [0.1, 0.15) is 12.7 Å². The first-order valence-electron chi connectivity index (χ1n) is 25.2. The van der Waals surface area contributed by atoms with Gasteiger partial charge in [0.05, 0.1) is 13.2 Å². The second kappa shape index (κ2) is 44.8. The molecule has 0 aliphatic carbocycles. The molecule has 61 heavy (non-hydrogen) atoms. The van der Waals surface area contributed by atoms with Crippen LogP contribution in [0, 0.1) is 0 Å². The van der Waals surface area contributed by atoms with Crippen LogP contribution in [0.3, 0.4) is 0 Å². The first-order valence-corrected chi connectivity index (χ1v) is 26.7. The fourth-order valence-corrected chi connectivity index (χ4v) is 8.14. The van der Waals surface area contributed by atoms with Crippen LogP contribution < -0.4 is 5.32 Å². The number of esters is 1. The van der Waals surface area contributed by atoms with Crippen molar-refractivity contribution in [3.05, 3.63) is 12.2 Å². The van der Waals surface area contributed by atoms with E-state index in [1.807, 2.05) is 0 Å². The molecule has 0 aromatic heterocycles. The zero-order valence-electron chi connectivity index (χ0n) is 39.2. The minimum atomic E-state index is -4.76. The molecule has 0 aliphatic rings. The Balaban J connectivity index is 3.80. The smallest absolute Gasteiger partial charge is 0.472 e. The van der Waals surface area contributed by atoms with Crippen molar-refractivity contribution in [2.24, 2.45) is 0 Å². The number of carbonyl (C=O) groups is 3. The highest BCUT2D eigenvalue weighted by Gasteiger charge is 2.28. The van der Waals surface area contributed by atoms with Crippen molar-refractivity contribution in [3.63, 3.8) is 0 Å². The van der Waals surface area contributed by atoms with Crippen LogP contribution >= 0.6 is 7.82 Å². The number of phosphoric ester groups is 1. The molecule has 0 fully saturated rings. The number of hydrogen-bond donors (Lipinski definition) is 4. The standard InChI is InChI=1S/C49H94NO10P/c1-3-5-7-9-11-13-15-17-19-20-21-22-23-24-25-27-28-30-32-34-36-38-40-47(52)50-46(49(54)55)44-60-61(56,57)59-43-45(51)42-58-48(53)41-39-37-35-33-31-29-26-18-16-14-12-10-8-6-4-2/h18,26,45-46,51H,3-17,19-25,27-44H2,1-2H3,(H,50,52)(H,54,55)(H,56,57)/b26-18-. The van der Waals surface area contributed by atoms with Gasteiger partial charge in [0.15, 0.2) is 6.04 Å². The first kappa shape index (κ1) is 59.2. The lowest BCUT2D eigenvalue weighted by atomic mass is 10.0. The van der Waals surface area contributed by atoms with E-state index in [0.29, 0.717) is 12.8 Å². The van der Waals surface area contributed by atoms with E-state index < -0.39 is 57.6 Å². The predicted octanol–water partition coefficient (Wildman–Crippen LogP) is 13.6. The second-order valence-corrected chi connectivity index (χ2v) is 18.8. The van der Waals surface area contributed by atoms with E-state index in [2.05, 4.69) is 31.3 Å². The van der Waals surface area contributed by atoms with Gasteiger partial charge in [0.2, 0.25) is 5.91 Å². The zero-order valence-corrected chi connectivity index (χ0v) is 40.1. The van der Waals surface area contributed by atoms with Gasteiger partial charge < -0.3 is 25.2 Å². The van der Waals surface area contributed by atoms with E-state index in [-0.39, 0.29) is 12.8 Å². The highest BCUT2D eigenvalue weighted by molar-refractivity contribution is 7.47. The Labute approximate surface area is 373 Å². The van der Waals surface area contributed by atoms with Gasteiger partial charge in [-0.15, -0.1) is 0 Å². The largest absolute Gasteiger partial charge is 0.480 e. The maximum Gasteiger partial charge on any atom is 0.472 e. The van der Waals surface area contributed by atoms with Gasteiger partial charge in [-0.25, -0.2) is 9.36 Å². The van der Waals surface area contributed by atoms with Crippen LogP contribution in [0.2, 0.25) is 0 Å². The van der Waals surface area contributed by atoms with Crippen molar-refractivity contribution in [1.82, 2.24) is 5.32 Å². The van der Waals surface area contributed by atoms with E-state index >= 15 is 0 Å². The molecule has 0 aromatic rings. The minimum absolute atomic E-state index is 0.151. The highest BCUT2D eigenvalue weighted by Crippen LogP contribution is 2.43. The van der Waals surface area contributed by atoms with Crippen LogP contribution in [0.25, 0.3) is 0 Å². The van der Waals surface area contributed by atoms with Crippen LogP contribution in [0.15, 0.2) is 12.2 Å². The van der Waals surface area contributed by atoms with Gasteiger partial charge in [-0.3, -0.25) is 18.6 Å². The second-order valence-electron chi connectivity index (χ2n) is 17.4. The Hall–Kier alpha value is -1.78. The summed E-state index contributed by atoms with van der Waals surface area (Å²) in [5.41, 5.74) is 0. The number of carboxylic acid groups (broad SMARTS) is 1. The normalized spacial score (nSPS) is 13.6. The van der Waals surface area contributed by atoms with Gasteiger partial charge >= 0.3 is 19.8 Å². The number of phosphoric acid groups is 1. The SMILES string of the molecule is CCCCCCCC/C=C\CCCCCCCC(=O)OCC(O)COP(=O)(O)OCC(NC(=O)CCCCCCCCCCCCCCCCCCCCCCCC)C(=O)O. The third-order valence-corrected chi connectivity index (χ3v) is 12.3. The number of aliphatic hydroxyl groups is 1. The van der Waals surface area contributed by atoms with Crippen molar-refractivity contribution in [1.29, 1.82) is 0 Å². The number of aliphatic hydroxyl groups excluding tert-OH is 1. The molecule has 0 radical (unpaired) electrons. The molecule has 360 valence electrons. The Bertz CT molecular complexity index is 1090. The molecular weight excluding hydrogens is 794 g/mol. The lowest BCUT2D eigenvalue weighted by molar-refractivity contribution is -0.147. The Kier molecular flexibility index (Phi) is 43.5. The number of aliphatic carboxylic acids is 1. The number of unbranched alkanes of at least 4 members (excludes halogenated alkanes) is 32. The molecule has 0 aromatic carbocycles. The third kappa shape index (κ3) is 44.6. The van der Waals surface area contributed by atoms with Crippen molar-refractivity contribution < 1.29 is 47.8 Å². The van der Waals surface area contributed by atoms with Crippen LogP contribution in [0.4, 0.5) is 0 Å². The minimum Gasteiger partial charge on any atom is -0.480 e. The van der Waals surface area contributed by atoms with Crippen molar-refractivity contribution in [3.8, 4) is 0 Å². The topological polar surface area (TPSA) is 169 Å². The average Bonchev–Trinajstić information content (AvgIpc) is 3.24. The van der Waals surface area contributed by atoms with Crippen LogP contribution in [0.1, 0.15) is 251 Å². The lowest BCUT2D eigenvalue weighted by Gasteiger charge is -2.18. The molecule has 0 heterocycles. The molecule has 0 aliphatic heterocycles. The number of carboxylic acids is 1. The summed E-state index contributed by atoms with van der Waals surface area (Å²) in [6.07, 6.45) is 46.6. The Morgan fingerprint density at radius 2 is 0.852 bits per heavy atom. The van der Waals surface area contributed by atoms with E-state index in [1.165, 1.54) is 154 Å². The molecule has 4 N–H and O–H groups in total. The van der Waals surface area contributed by atoms with Crippen LogP contribution in [-0.2, 0) is 32.7 Å². The van der Waals surface area contributed by atoms with Crippen LogP contribution in [0.5, 0.6) is 0 Å². The van der Waals surface area contributed by atoms with Gasteiger partial charge in [-0.2, -0.15) is 0 Å². The molecule has 3 unspecified atom stereocenters. The van der Waals surface area contributed by atoms with Gasteiger partial charge in [-0.05, 0) is 38.5 Å². The van der Waals surface area contributed by atoms with E-state index in [1.54, 1.807) is 0 Å². The Morgan fingerprint density at radius 3 is 1.25 bits per heavy atom. The first-order chi connectivity index (χ1) is 29.6. The Morgan fingerprint density at radius 1 is 0.508 bits per heavy atom. The number of ether oxygens (including phenoxy) is 1. The molecule has 3 atom stereocenters. The maximum absolute atomic E-state index is 12.4. The van der Waals surface area contributed by atoms with Crippen LogP contribution in [-0.4, -0.2) is 64.9 Å². The molecule has 11 nitrogen and oxygen atoms in total. The summed E-state index contributed by atoms with van der Waals surface area (Å²) in [6, 6.07) is -1.54. The van der Waals surface area contributed by atoms with Crippen molar-refractivity contribution >= 4 is 25.7 Å². The van der Waals surface area contributed by atoms with E-state index in [0.717, 1.165) is 57.8 Å². The molecule has 0 bridgehead atoms. The summed E-state index contributed by atoms with van der Waals surface area (Å²) in [6.45, 7) is 2.62. The van der Waals surface area contributed by atoms with Gasteiger partial charge in [-0.1, -0.05) is 212 Å². The monoisotopic (exact) mass is 888 g/mol. The quantitative estimate of drug-likeness (QED) is 0.0200. The third-order valence-electron chi connectivity index (χ3n) is 11.3. The predicted molar refractivity (Wildman–Crippen MR) is 250 cm³/mol. The molecule has 12 heteroatoms. The number of hydrogen-bond acceptors (Lipinski definition) is 8. The maximum atomic E-state index is 12.4. The van der Waals surface area contributed by atoms with E-state index in [9.17, 15) is 34.1 Å². The molecule has 0 saturated carbocycles. The summed E-state index contributed by atoms with van der Waals surface area (Å²) in [5.74, 6) is -2.36. The fourth-order valence-electron chi connectivity index (χ4n) is 7.37. The zero-order chi connectivity index (χ0) is 44.9. The summed E-state index contributed by atoms with van der Waals surface area (Å²) in [5, 5.41) is 21.9. The summed E-state index contributed by atoms with van der Waals surface area (Å²) in [4.78, 5) is 46.1. The van der Waals surface area contributed by atoms with Gasteiger partial charge in [0, 0.05) is 12.8 Å².